The van der Waals surface area contributed by atoms with Crippen LogP contribution in [0.3, 0.4) is 0 Å². The van der Waals surface area contributed by atoms with Crippen molar-refractivity contribution >= 4 is 27.3 Å². The van der Waals surface area contributed by atoms with Crippen molar-refractivity contribution < 1.29 is 22.0 Å². The first-order valence-electron chi connectivity index (χ1n) is 9.09. The lowest BCUT2D eigenvalue weighted by Gasteiger charge is -2.21. The van der Waals surface area contributed by atoms with Gasteiger partial charge in [-0.05, 0) is 24.3 Å². The minimum absolute atomic E-state index is 0.0730. The van der Waals surface area contributed by atoms with Crippen LogP contribution in [0.15, 0.2) is 76.4 Å². The number of halogens is 1. The van der Waals surface area contributed by atoms with E-state index in [1.165, 1.54) is 23.4 Å². The third-order valence-electron chi connectivity index (χ3n) is 4.65. The van der Waals surface area contributed by atoms with Crippen LogP contribution in [0.5, 0.6) is 0 Å². The van der Waals surface area contributed by atoms with E-state index >= 15 is 0 Å². The first-order valence-corrected chi connectivity index (χ1v) is 11.0. The number of rotatable bonds is 5. The van der Waals surface area contributed by atoms with Gasteiger partial charge in [0.2, 0.25) is 10.0 Å². The highest BCUT2D eigenvalue weighted by molar-refractivity contribution is 7.92. The van der Waals surface area contributed by atoms with Crippen molar-refractivity contribution in [3.63, 3.8) is 0 Å². The molecule has 1 aromatic heterocycles. The molecule has 3 aromatic rings. The molecule has 0 spiro atoms. The minimum atomic E-state index is -3.53. The van der Waals surface area contributed by atoms with Crippen LogP contribution in [0.2, 0.25) is 0 Å². The summed E-state index contributed by atoms with van der Waals surface area (Å²) in [4.78, 5) is 13.0. The Kier molecular flexibility index (Phi) is 5.13. The summed E-state index contributed by atoms with van der Waals surface area (Å²) in [6, 6.07) is 15.3. The van der Waals surface area contributed by atoms with E-state index in [0.717, 1.165) is 6.26 Å². The third-order valence-corrected chi connectivity index (χ3v) is 5.24. The highest BCUT2D eigenvalue weighted by Crippen LogP contribution is 2.36. The summed E-state index contributed by atoms with van der Waals surface area (Å²) in [5.74, 6) is -0.903. The average molecular weight is 427 g/mol. The quantitative estimate of drug-likeness (QED) is 0.671. The summed E-state index contributed by atoms with van der Waals surface area (Å²) in [7, 11) is -3.53. The van der Waals surface area contributed by atoms with Crippen molar-refractivity contribution in [1.29, 1.82) is 0 Å². The van der Waals surface area contributed by atoms with Gasteiger partial charge < -0.3 is 4.42 Å². The molecule has 154 valence electrons. The number of amides is 1. The van der Waals surface area contributed by atoms with Gasteiger partial charge in [-0.1, -0.05) is 36.4 Å². The Morgan fingerprint density at radius 3 is 2.57 bits per heavy atom. The second kappa shape index (κ2) is 7.75. The summed E-state index contributed by atoms with van der Waals surface area (Å²) in [6.45, 7) is 0. The highest BCUT2D eigenvalue weighted by Gasteiger charge is 2.36. The monoisotopic (exact) mass is 427 g/mol. The largest absolute Gasteiger partial charge is 0.459 e. The number of carbonyl (C=O) groups excluding carboxylic acids is 1. The standard InChI is InChI=1S/C21H18FN3O4S/c1-30(27,28)24-17-10-5-3-8-15(17)18-13-19(14-7-2-4-9-16(14)22)25(23-18)21(26)20-11-6-12-29-20/h2-12,19,24H,13H2,1H3/t19-/m0/s1. The van der Waals surface area contributed by atoms with Gasteiger partial charge in [0.25, 0.3) is 0 Å². The van der Waals surface area contributed by atoms with Gasteiger partial charge >= 0.3 is 5.91 Å². The maximum absolute atomic E-state index is 14.5. The SMILES string of the molecule is CS(=O)(=O)Nc1ccccc1C1=NN(C(=O)c2ccco2)[C@H](c2ccccc2F)C1. The van der Waals surface area contributed by atoms with E-state index in [-0.39, 0.29) is 12.2 Å². The van der Waals surface area contributed by atoms with Crippen LogP contribution in [0.1, 0.15) is 34.1 Å². The molecule has 4 rings (SSSR count). The number of anilines is 1. The lowest BCUT2D eigenvalue weighted by atomic mass is 9.97. The van der Waals surface area contributed by atoms with E-state index < -0.39 is 27.8 Å². The number of nitrogens with zero attached hydrogens (tertiary/aromatic N) is 2. The maximum atomic E-state index is 14.5. The molecule has 1 N–H and O–H groups in total. The van der Waals surface area contributed by atoms with Gasteiger partial charge in [-0.15, -0.1) is 0 Å². The van der Waals surface area contributed by atoms with Crippen molar-refractivity contribution in [3.8, 4) is 0 Å². The normalized spacial score (nSPS) is 16.4. The zero-order valence-electron chi connectivity index (χ0n) is 15.9. The summed E-state index contributed by atoms with van der Waals surface area (Å²) in [5.41, 5.74) is 1.61. The van der Waals surface area contributed by atoms with Gasteiger partial charge in [0.05, 0.1) is 30.0 Å². The number of hydrogen-bond acceptors (Lipinski definition) is 5. The number of carbonyl (C=O) groups is 1. The first-order chi connectivity index (χ1) is 14.3. The molecule has 1 amide bonds. The van der Waals surface area contributed by atoms with E-state index in [2.05, 4.69) is 9.82 Å². The van der Waals surface area contributed by atoms with Crippen molar-refractivity contribution in [2.45, 2.75) is 12.5 Å². The van der Waals surface area contributed by atoms with Gasteiger partial charge in [-0.2, -0.15) is 5.10 Å². The topological polar surface area (TPSA) is 92.0 Å². The van der Waals surface area contributed by atoms with Crippen LogP contribution in [-0.4, -0.2) is 31.3 Å². The minimum Gasteiger partial charge on any atom is -0.459 e. The van der Waals surface area contributed by atoms with Crippen LogP contribution >= 0.6 is 0 Å². The molecule has 1 aliphatic rings. The van der Waals surface area contributed by atoms with E-state index in [1.807, 2.05) is 0 Å². The second-order valence-electron chi connectivity index (χ2n) is 6.83. The molecule has 0 unspecified atom stereocenters. The molecule has 2 aromatic carbocycles. The van der Waals surface area contributed by atoms with Gasteiger partial charge in [0, 0.05) is 17.5 Å². The molecular weight excluding hydrogens is 409 g/mol. The molecule has 0 bridgehead atoms. The molecule has 0 saturated carbocycles. The summed E-state index contributed by atoms with van der Waals surface area (Å²) < 4.78 is 45.7. The maximum Gasteiger partial charge on any atom is 0.310 e. The molecule has 9 heteroatoms. The third kappa shape index (κ3) is 3.97. The molecule has 7 nitrogen and oxygen atoms in total. The lowest BCUT2D eigenvalue weighted by Crippen LogP contribution is -2.27. The lowest BCUT2D eigenvalue weighted by molar-refractivity contribution is 0.0676. The number of sulfonamides is 1. The fourth-order valence-electron chi connectivity index (χ4n) is 3.38. The Labute approximate surface area is 172 Å². The van der Waals surface area contributed by atoms with Gasteiger partial charge in [-0.25, -0.2) is 17.8 Å². The smallest absolute Gasteiger partial charge is 0.310 e. The number of para-hydroxylation sites is 1. The second-order valence-corrected chi connectivity index (χ2v) is 8.58. The number of hydrazone groups is 1. The Morgan fingerprint density at radius 2 is 1.87 bits per heavy atom. The summed E-state index contributed by atoms with van der Waals surface area (Å²) in [6.07, 6.45) is 2.63. The van der Waals surface area contributed by atoms with Crippen molar-refractivity contribution in [3.05, 3.63) is 89.6 Å². The van der Waals surface area contributed by atoms with Crippen LogP contribution in [0.4, 0.5) is 10.1 Å². The number of furan rings is 1. The predicted molar refractivity (Wildman–Crippen MR) is 110 cm³/mol. The molecule has 0 saturated heterocycles. The van der Waals surface area contributed by atoms with Crippen LogP contribution in [-0.2, 0) is 10.0 Å². The number of benzene rings is 2. The van der Waals surface area contributed by atoms with E-state index in [9.17, 15) is 17.6 Å². The average Bonchev–Trinajstić information content (AvgIpc) is 3.37. The van der Waals surface area contributed by atoms with Crippen LogP contribution in [0, 0.1) is 5.82 Å². The van der Waals surface area contributed by atoms with Crippen molar-refractivity contribution in [2.75, 3.05) is 11.0 Å². The number of nitrogens with one attached hydrogen (secondary N) is 1. The molecular formula is C21H18FN3O4S. The molecule has 2 heterocycles. The predicted octanol–water partition coefficient (Wildman–Crippen LogP) is 3.78. The fourth-order valence-corrected chi connectivity index (χ4v) is 3.96. The van der Waals surface area contributed by atoms with Crippen molar-refractivity contribution in [1.82, 2.24) is 5.01 Å². The van der Waals surface area contributed by atoms with E-state index in [1.54, 1.807) is 48.5 Å². The molecule has 0 aliphatic carbocycles. The summed E-state index contributed by atoms with van der Waals surface area (Å²) >= 11 is 0. The zero-order chi connectivity index (χ0) is 21.3. The van der Waals surface area contributed by atoms with Crippen molar-refractivity contribution in [2.24, 2.45) is 5.10 Å². The van der Waals surface area contributed by atoms with E-state index in [4.69, 9.17) is 4.42 Å². The Bertz CT molecular complexity index is 1220. The Morgan fingerprint density at radius 1 is 1.13 bits per heavy atom. The molecule has 1 atom stereocenters. The van der Waals surface area contributed by atoms with Gasteiger partial charge in [0.15, 0.2) is 5.76 Å². The van der Waals surface area contributed by atoms with Crippen LogP contribution < -0.4 is 4.72 Å². The first kappa shape index (κ1) is 19.8. The van der Waals surface area contributed by atoms with E-state index in [0.29, 0.717) is 22.5 Å². The number of hydrogen-bond donors (Lipinski definition) is 1. The molecule has 0 radical (unpaired) electrons. The zero-order valence-corrected chi connectivity index (χ0v) is 16.8. The Hall–Kier alpha value is -3.46. The molecule has 1 aliphatic heterocycles. The highest BCUT2D eigenvalue weighted by atomic mass is 32.2. The fraction of sp³-hybridized carbons (Fsp3) is 0.143. The summed E-state index contributed by atoms with van der Waals surface area (Å²) in [5, 5.41) is 5.63. The molecule has 0 fully saturated rings. The van der Waals surface area contributed by atoms with Gasteiger partial charge in [0.1, 0.15) is 5.82 Å². The van der Waals surface area contributed by atoms with Crippen LogP contribution in [0.25, 0.3) is 0 Å². The Balaban J connectivity index is 1.78. The molecule has 30 heavy (non-hydrogen) atoms. The van der Waals surface area contributed by atoms with Gasteiger partial charge in [-0.3, -0.25) is 9.52 Å².